The van der Waals surface area contributed by atoms with Gasteiger partial charge in [-0.05, 0) is 17.7 Å². The SMILES string of the molecule is N#CC(=Cc1ccccc1Br)c1nc(-c2cccc([N+](=O)[O-])c2)cs1. The van der Waals surface area contributed by atoms with Crippen LogP contribution in [0.5, 0.6) is 0 Å². The largest absolute Gasteiger partial charge is 0.270 e. The molecule has 5 nitrogen and oxygen atoms in total. The molecule has 7 heteroatoms. The lowest BCUT2D eigenvalue weighted by atomic mass is 10.1. The van der Waals surface area contributed by atoms with Gasteiger partial charge in [-0.25, -0.2) is 4.98 Å². The summed E-state index contributed by atoms with van der Waals surface area (Å²) in [5.41, 5.74) is 2.59. The molecule has 3 rings (SSSR count). The van der Waals surface area contributed by atoms with E-state index >= 15 is 0 Å². The van der Waals surface area contributed by atoms with Gasteiger partial charge in [0.1, 0.15) is 11.1 Å². The van der Waals surface area contributed by atoms with Gasteiger partial charge >= 0.3 is 0 Å². The van der Waals surface area contributed by atoms with E-state index in [1.54, 1.807) is 23.6 Å². The average Bonchev–Trinajstić information content (AvgIpc) is 3.11. The highest BCUT2D eigenvalue weighted by molar-refractivity contribution is 9.10. The summed E-state index contributed by atoms with van der Waals surface area (Å²) in [7, 11) is 0. The first-order valence-electron chi connectivity index (χ1n) is 7.15. The summed E-state index contributed by atoms with van der Waals surface area (Å²) in [4.78, 5) is 14.9. The molecule has 3 aromatic rings. The lowest BCUT2D eigenvalue weighted by Crippen LogP contribution is -1.88. The zero-order chi connectivity index (χ0) is 17.8. The number of benzene rings is 2. The highest BCUT2D eigenvalue weighted by Gasteiger charge is 2.12. The van der Waals surface area contributed by atoms with Crippen molar-refractivity contribution in [3.05, 3.63) is 79.1 Å². The van der Waals surface area contributed by atoms with Crippen molar-refractivity contribution in [1.82, 2.24) is 4.98 Å². The van der Waals surface area contributed by atoms with Crippen LogP contribution in [0.2, 0.25) is 0 Å². The second kappa shape index (κ2) is 7.38. The van der Waals surface area contributed by atoms with Crippen LogP contribution in [0.4, 0.5) is 5.69 Å². The summed E-state index contributed by atoms with van der Waals surface area (Å²) in [6, 6.07) is 16.0. The third kappa shape index (κ3) is 3.82. The smallest absolute Gasteiger partial charge is 0.258 e. The van der Waals surface area contributed by atoms with E-state index in [0.717, 1.165) is 10.0 Å². The number of halogens is 1. The van der Waals surface area contributed by atoms with Crippen molar-refractivity contribution in [1.29, 1.82) is 5.26 Å². The van der Waals surface area contributed by atoms with Crippen LogP contribution in [0, 0.1) is 21.4 Å². The van der Waals surface area contributed by atoms with Crippen LogP contribution in [0.1, 0.15) is 10.6 Å². The Morgan fingerprint density at radius 1 is 1.28 bits per heavy atom. The highest BCUT2D eigenvalue weighted by Crippen LogP contribution is 2.30. The second-order valence-electron chi connectivity index (χ2n) is 5.04. The van der Waals surface area contributed by atoms with Gasteiger partial charge in [0.25, 0.3) is 5.69 Å². The Labute approximate surface area is 156 Å². The van der Waals surface area contributed by atoms with Crippen LogP contribution in [0.25, 0.3) is 22.9 Å². The molecule has 25 heavy (non-hydrogen) atoms. The molecule has 0 fully saturated rings. The van der Waals surface area contributed by atoms with Crippen molar-refractivity contribution in [3.8, 4) is 17.3 Å². The quantitative estimate of drug-likeness (QED) is 0.320. The Morgan fingerprint density at radius 3 is 2.80 bits per heavy atom. The van der Waals surface area contributed by atoms with Gasteiger partial charge < -0.3 is 0 Å². The Kier molecular flexibility index (Phi) is 5.03. The number of allylic oxidation sites excluding steroid dienone is 1. The minimum atomic E-state index is -0.440. The van der Waals surface area contributed by atoms with Gasteiger partial charge in [0.15, 0.2) is 0 Å². The van der Waals surface area contributed by atoms with Gasteiger partial charge in [-0.1, -0.05) is 46.3 Å². The maximum absolute atomic E-state index is 10.9. The van der Waals surface area contributed by atoms with Crippen LogP contribution in [-0.4, -0.2) is 9.91 Å². The Bertz CT molecular complexity index is 1020. The molecule has 2 aromatic carbocycles. The highest BCUT2D eigenvalue weighted by atomic mass is 79.9. The molecule has 0 saturated carbocycles. The molecule has 0 bridgehead atoms. The summed E-state index contributed by atoms with van der Waals surface area (Å²) in [6.45, 7) is 0. The van der Waals surface area contributed by atoms with E-state index in [9.17, 15) is 15.4 Å². The predicted octanol–water partition coefficient (Wildman–Crippen LogP) is 5.54. The normalized spacial score (nSPS) is 11.1. The first-order valence-corrected chi connectivity index (χ1v) is 8.83. The fourth-order valence-corrected chi connectivity index (χ4v) is 3.39. The van der Waals surface area contributed by atoms with Gasteiger partial charge in [0.2, 0.25) is 0 Å². The summed E-state index contributed by atoms with van der Waals surface area (Å²) < 4.78 is 0.887. The first kappa shape index (κ1) is 17.0. The van der Waals surface area contributed by atoms with E-state index in [1.165, 1.54) is 23.5 Å². The second-order valence-corrected chi connectivity index (χ2v) is 6.75. The number of rotatable bonds is 4. The van der Waals surface area contributed by atoms with E-state index in [2.05, 4.69) is 27.0 Å². The maximum Gasteiger partial charge on any atom is 0.270 e. The number of nitro groups is 1. The van der Waals surface area contributed by atoms with Crippen molar-refractivity contribution in [2.75, 3.05) is 0 Å². The number of nitrogens with zero attached hydrogens (tertiary/aromatic N) is 3. The number of aromatic nitrogens is 1. The molecule has 0 atom stereocenters. The van der Waals surface area contributed by atoms with Crippen LogP contribution < -0.4 is 0 Å². The summed E-state index contributed by atoms with van der Waals surface area (Å²) in [5, 5.41) is 22.7. The number of nitro benzene ring substituents is 1. The number of hydrogen-bond acceptors (Lipinski definition) is 5. The van der Waals surface area contributed by atoms with E-state index in [0.29, 0.717) is 21.8 Å². The van der Waals surface area contributed by atoms with E-state index < -0.39 is 4.92 Å². The number of nitriles is 1. The molecular weight excluding hydrogens is 402 g/mol. The standard InChI is InChI=1S/C18H10BrN3O2S/c19-16-7-2-1-4-12(16)8-14(10-20)18-21-17(11-25-18)13-5-3-6-15(9-13)22(23)24/h1-9,11H. The Morgan fingerprint density at radius 2 is 2.08 bits per heavy atom. The predicted molar refractivity (Wildman–Crippen MR) is 102 cm³/mol. The summed E-state index contributed by atoms with van der Waals surface area (Å²) >= 11 is 4.78. The molecule has 1 aromatic heterocycles. The molecule has 1 heterocycles. The fraction of sp³-hybridized carbons (Fsp3) is 0. The first-order chi connectivity index (χ1) is 12.1. The van der Waals surface area contributed by atoms with Gasteiger partial charge in [0.05, 0.1) is 16.2 Å². The topological polar surface area (TPSA) is 79.8 Å². The maximum atomic E-state index is 10.9. The third-order valence-electron chi connectivity index (χ3n) is 3.41. The Balaban J connectivity index is 1.98. The minimum absolute atomic E-state index is 0.0105. The van der Waals surface area contributed by atoms with E-state index in [1.807, 2.05) is 24.3 Å². The van der Waals surface area contributed by atoms with Crippen molar-refractivity contribution in [3.63, 3.8) is 0 Å². The third-order valence-corrected chi connectivity index (χ3v) is 5.01. The van der Waals surface area contributed by atoms with Gasteiger partial charge in [-0.3, -0.25) is 10.1 Å². The molecule has 0 spiro atoms. The molecule has 122 valence electrons. The van der Waals surface area contributed by atoms with Crippen molar-refractivity contribution in [2.45, 2.75) is 0 Å². The molecule has 0 N–H and O–H groups in total. The van der Waals surface area contributed by atoms with Crippen LogP contribution in [-0.2, 0) is 0 Å². The number of thiazole rings is 1. The average molecular weight is 412 g/mol. The van der Waals surface area contributed by atoms with Crippen molar-refractivity contribution in [2.24, 2.45) is 0 Å². The van der Waals surface area contributed by atoms with Crippen LogP contribution >= 0.6 is 27.3 Å². The molecule has 0 unspecified atom stereocenters. The zero-order valence-corrected chi connectivity index (χ0v) is 15.1. The van der Waals surface area contributed by atoms with Crippen molar-refractivity contribution >= 4 is 44.6 Å². The van der Waals surface area contributed by atoms with E-state index in [4.69, 9.17) is 0 Å². The lowest BCUT2D eigenvalue weighted by molar-refractivity contribution is -0.384. The zero-order valence-electron chi connectivity index (χ0n) is 12.7. The molecular formula is C18H10BrN3O2S. The molecule has 0 amide bonds. The number of hydrogen-bond donors (Lipinski definition) is 0. The fourth-order valence-electron chi connectivity index (χ4n) is 2.20. The molecule has 0 aliphatic heterocycles. The van der Waals surface area contributed by atoms with Gasteiger partial charge in [0, 0.05) is 27.5 Å². The molecule has 0 aliphatic carbocycles. The lowest BCUT2D eigenvalue weighted by Gasteiger charge is -1.99. The van der Waals surface area contributed by atoms with Gasteiger partial charge in [-0.15, -0.1) is 11.3 Å². The molecule has 0 radical (unpaired) electrons. The van der Waals surface area contributed by atoms with Crippen LogP contribution in [0.3, 0.4) is 0 Å². The molecule has 0 saturated heterocycles. The minimum Gasteiger partial charge on any atom is -0.258 e. The van der Waals surface area contributed by atoms with E-state index in [-0.39, 0.29) is 5.69 Å². The molecule has 0 aliphatic rings. The van der Waals surface area contributed by atoms with Crippen LogP contribution in [0.15, 0.2) is 58.4 Å². The van der Waals surface area contributed by atoms with Crippen molar-refractivity contribution < 1.29 is 4.92 Å². The number of non-ortho nitro benzene ring substituents is 1. The summed E-state index contributed by atoms with van der Waals surface area (Å²) in [5.74, 6) is 0. The monoisotopic (exact) mass is 411 g/mol. The van der Waals surface area contributed by atoms with Gasteiger partial charge in [-0.2, -0.15) is 5.26 Å². The summed E-state index contributed by atoms with van der Waals surface area (Å²) in [6.07, 6.45) is 1.76. The Hall–Kier alpha value is -2.82.